The van der Waals surface area contributed by atoms with Crippen molar-refractivity contribution in [3.63, 3.8) is 0 Å². The molecular formula is C12H17NO2. The van der Waals surface area contributed by atoms with E-state index in [1.165, 1.54) is 0 Å². The van der Waals surface area contributed by atoms with Gasteiger partial charge in [0.15, 0.2) is 0 Å². The molecule has 1 aromatic rings. The lowest BCUT2D eigenvalue weighted by Crippen LogP contribution is -2.48. The second-order valence-corrected chi connectivity index (χ2v) is 4.02. The van der Waals surface area contributed by atoms with Gasteiger partial charge in [-0.25, -0.2) is 0 Å². The van der Waals surface area contributed by atoms with Crippen LogP contribution in [-0.2, 0) is 4.74 Å². The van der Waals surface area contributed by atoms with E-state index in [1.54, 1.807) is 0 Å². The smallest absolute Gasteiger partial charge is 0.108 e. The van der Waals surface area contributed by atoms with Gasteiger partial charge in [-0.2, -0.15) is 0 Å². The zero-order valence-electron chi connectivity index (χ0n) is 9.13. The summed E-state index contributed by atoms with van der Waals surface area (Å²) >= 11 is 0. The van der Waals surface area contributed by atoms with Gasteiger partial charge in [0.1, 0.15) is 6.23 Å². The number of aliphatic hydroxyl groups is 1. The first-order chi connectivity index (χ1) is 7.20. The first kappa shape index (κ1) is 10.6. The lowest BCUT2D eigenvalue weighted by atomic mass is 9.99. The molecule has 15 heavy (non-hydrogen) atoms. The number of likely N-dealkylation sites (N-methyl/N-ethyl adjacent to an activating group) is 1. The zero-order valence-corrected chi connectivity index (χ0v) is 9.13. The molecule has 0 amide bonds. The van der Waals surface area contributed by atoms with E-state index in [1.807, 2.05) is 44.3 Å². The molecule has 2 rings (SSSR count). The van der Waals surface area contributed by atoms with Gasteiger partial charge in [0.2, 0.25) is 0 Å². The number of ether oxygens (including phenoxy) is 1. The van der Waals surface area contributed by atoms with E-state index < -0.39 is 6.10 Å². The van der Waals surface area contributed by atoms with Gasteiger partial charge in [-0.15, -0.1) is 0 Å². The summed E-state index contributed by atoms with van der Waals surface area (Å²) in [5.41, 5.74) is 1.14. The van der Waals surface area contributed by atoms with Crippen LogP contribution < -0.4 is 0 Å². The summed E-state index contributed by atoms with van der Waals surface area (Å²) < 4.78 is 5.43. The van der Waals surface area contributed by atoms with Crippen molar-refractivity contribution in [3.8, 4) is 0 Å². The summed E-state index contributed by atoms with van der Waals surface area (Å²) in [7, 11) is 1.98. The normalized spacial score (nSPS) is 32.9. The largest absolute Gasteiger partial charge is 0.389 e. The van der Waals surface area contributed by atoms with Crippen LogP contribution in [0.4, 0.5) is 0 Å². The average molecular weight is 207 g/mol. The van der Waals surface area contributed by atoms with Crippen LogP contribution in [0.2, 0.25) is 0 Å². The van der Waals surface area contributed by atoms with Gasteiger partial charge in [0, 0.05) is 0 Å². The molecule has 1 heterocycles. The number of rotatable bonds is 1. The van der Waals surface area contributed by atoms with Crippen molar-refractivity contribution in [1.82, 2.24) is 4.90 Å². The van der Waals surface area contributed by atoms with Gasteiger partial charge >= 0.3 is 0 Å². The Balaban J connectivity index is 2.25. The monoisotopic (exact) mass is 207 g/mol. The average Bonchev–Trinajstić information content (AvgIpc) is 2.26. The molecule has 0 aromatic heterocycles. The van der Waals surface area contributed by atoms with Gasteiger partial charge in [-0.05, 0) is 19.5 Å². The fourth-order valence-electron chi connectivity index (χ4n) is 2.05. The maximum Gasteiger partial charge on any atom is 0.108 e. The van der Waals surface area contributed by atoms with Crippen molar-refractivity contribution in [3.05, 3.63) is 35.9 Å². The quantitative estimate of drug-likeness (QED) is 0.755. The topological polar surface area (TPSA) is 32.7 Å². The van der Waals surface area contributed by atoms with Crippen LogP contribution >= 0.6 is 0 Å². The summed E-state index contributed by atoms with van der Waals surface area (Å²) in [6.07, 6.45) is -0.396. The van der Waals surface area contributed by atoms with Gasteiger partial charge in [-0.3, -0.25) is 4.90 Å². The summed E-state index contributed by atoms with van der Waals surface area (Å²) in [4.78, 5) is 2.06. The van der Waals surface area contributed by atoms with Crippen LogP contribution in [0, 0.1) is 0 Å². The number of nitrogens with zero attached hydrogens (tertiary/aromatic N) is 1. The minimum absolute atomic E-state index is 0.0370. The highest BCUT2D eigenvalue weighted by atomic mass is 16.5. The molecule has 0 radical (unpaired) electrons. The highest BCUT2D eigenvalue weighted by molar-refractivity contribution is 5.20. The number of aliphatic hydroxyl groups excluding tert-OH is 1. The maximum atomic E-state index is 9.94. The lowest BCUT2D eigenvalue weighted by Gasteiger charge is -2.41. The molecule has 1 aliphatic rings. The van der Waals surface area contributed by atoms with Crippen LogP contribution in [0.25, 0.3) is 0 Å². The first-order valence-electron chi connectivity index (χ1n) is 5.26. The van der Waals surface area contributed by atoms with Crippen molar-refractivity contribution in [2.75, 3.05) is 13.7 Å². The minimum atomic E-state index is -0.450. The zero-order chi connectivity index (χ0) is 10.8. The second-order valence-electron chi connectivity index (χ2n) is 4.02. The van der Waals surface area contributed by atoms with Crippen LogP contribution in [-0.4, -0.2) is 36.0 Å². The Morgan fingerprint density at radius 2 is 2.00 bits per heavy atom. The molecule has 3 heteroatoms. The maximum absolute atomic E-state index is 9.94. The summed E-state index contributed by atoms with van der Waals surface area (Å²) in [5, 5.41) is 9.94. The fraction of sp³-hybridized carbons (Fsp3) is 0.500. The predicted molar refractivity (Wildman–Crippen MR) is 58.4 cm³/mol. The highest BCUT2D eigenvalue weighted by Crippen LogP contribution is 2.29. The molecule has 3 nitrogen and oxygen atoms in total. The summed E-state index contributed by atoms with van der Waals surface area (Å²) in [5.74, 6) is 0. The van der Waals surface area contributed by atoms with Gasteiger partial charge in [0.25, 0.3) is 0 Å². The molecule has 0 bridgehead atoms. The van der Waals surface area contributed by atoms with Crippen molar-refractivity contribution in [2.24, 2.45) is 0 Å². The molecule has 82 valence electrons. The molecule has 1 fully saturated rings. The van der Waals surface area contributed by atoms with Gasteiger partial charge in [0.05, 0.1) is 18.8 Å². The van der Waals surface area contributed by atoms with Gasteiger partial charge < -0.3 is 9.84 Å². The second kappa shape index (κ2) is 4.31. The number of hydrogen-bond acceptors (Lipinski definition) is 3. The highest BCUT2D eigenvalue weighted by Gasteiger charge is 2.33. The predicted octanol–water partition coefficient (Wildman–Crippen LogP) is 1.40. The third-order valence-electron chi connectivity index (χ3n) is 3.03. The van der Waals surface area contributed by atoms with E-state index >= 15 is 0 Å². The molecule has 1 N–H and O–H groups in total. The van der Waals surface area contributed by atoms with Crippen molar-refractivity contribution in [1.29, 1.82) is 0 Å². The van der Waals surface area contributed by atoms with Crippen LogP contribution in [0.15, 0.2) is 30.3 Å². The van der Waals surface area contributed by atoms with E-state index in [4.69, 9.17) is 4.74 Å². The third-order valence-corrected chi connectivity index (χ3v) is 3.03. The molecule has 1 saturated heterocycles. The minimum Gasteiger partial charge on any atom is -0.389 e. The molecule has 1 aromatic carbocycles. The van der Waals surface area contributed by atoms with Gasteiger partial charge in [-0.1, -0.05) is 30.3 Å². The summed E-state index contributed by atoms with van der Waals surface area (Å²) in [6.45, 7) is 2.41. The Hall–Kier alpha value is -0.900. The molecular weight excluding hydrogens is 190 g/mol. The van der Waals surface area contributed by atoms with E-state index in [0.717, 1.165) is 5.56 Å². The third kappa shape index (κ3) is 2.04. The Morgan fingerprint density at radius 3 is 2.67 bits per heavy atom. The van der Waals surface area contributed by atoms with E-state index in [0.29, 0.717) is 6.61 Å². The molecule has 1 unspecified atom stereocenters. The van der Waals surface area contributed by atoms with E-state index in [2.05, 4.69) is 4.90 Å². The van der Waals surface area contributed by atoms with Crippen LogP contribution in [0.1, 0.15) is 18.5 Å². The molecule has 0 spiro atoms. The molecule has 1 aliphatic heterocycles. The number of benzene rings is 1. The number of hydrogen-bond donors (Lipinski definition) is 1. The van der Waals surface area contributed by atoms with Crippen molar-refractivity contribution < 1.29 is 9.84 Å². The van der Waals surface area contributed by atoms with Crippen LogP contribution in [0.3, 0.4) is 0 Å². The van der Waals surface area contributed by atoms with Crippen molar-refractivity contribution in [2.45, 2.75) is 25.3 Å². The van der Waals surface area contributed by atoms with E-state index in [-0.39, 0.29) is 12.3 Å². The van der Waals surface area contributed by atoms with Crippen LogP contribution in [0.5, 0.6) is 0 Å². The molecule has 3 atom stereocenters. The molecule has 0 aliphatic carbocycles. The van der Waals surface area contributed by atoms with Crippen molar-refractivity contribution >= 4 is 0 Å². The Labute approximate surface area is 90.3 Å². The molecule has 0 saturated carbocycles. The Bertz CT molecular complexity index is 315. The standard InChI is InChI=1S/C12H17NO2/c1-9-13(2)12(11(14)8-15-9)10-6-4-3-5-7-10/h3-7,9,11-12,14H,8H2,1-2H3/t9?,11-,12+/m0/s1. The Kier molecular flexibility index (Phi) is 3.05. The fourth-order valence-corrected chi connectivity index (χ4v) is 2.05. The Morgan fingerprint density at radius 1 is 1.33 bits per heavy atom. The first-order valence-corrected chi connectivity index (χ1v) is 5.26. The summed E-state index contributed by atoms with van der Waals surface area (Å²) in [6, 6.07) is 10.1. The lowest BCUT2D eigenvalue weighted by molar-refractivity contribution is -0.157. The van der Waals surface area contributed by atoms with E-state index in [9.17, 15) is 5.11 Å². The SMILES string of the molecule is CC1OC[C@H](O)[C@@H](c2ccccc2)N1C.